The average molecular weight is 479 g/mol. The van der Waals surface area contributed by atoms with Crippen LogP contribution in [0.2, 0.25) is 0 Å². The molecule has 1 fully saturated rings. The molecule has 2 aromatic rings. The molecule has 1 aromatic carbocycles. The Morgan fingerprint density at radius 3 is 2.64 bits per heavy atom. The van der Waals surface area contributed by atoms with Gasteiger partial charge >= 0.3 is 12.2 Å². The number of imidazole rings is 1. The van der Waals surface area contributed by atoms with Gasteiger partial charge in [0.05, 0.1) is 48.9 Å². The first-order valence-corrected chi connectivity index (χ1v) is 10.2. The van der Waals surface area contributed by atoms with Crippen molar-refractivity contribution in [2.75, 3.05) is 26.8 Å². The van der Waals surface area contributed by atoms with E-state index in [2.05, 4.69) is 15.3 Å². The summed E-state index contributed by atoms with van der Waals surface area (Å²) in [7, 11) is 1.39. The second-order valence-electron chi connectivity index (χ2n) is 8.06. The maximum absolute atomic E-state index is 13.9. The van der Waals surface area contributed by atoms with Gasteiger partial charge in [-0.3, -0.25) is 0 Å². The van der Waals surface area contributed by atoms with Crippen LogP contribution >= 0.6 is 0 Å². The van der Waals surface area contributed by atoms with Crippen molar-refractivity contribution in [1.29, 1.82) is 0 Å². The van der Waals surface area contributed by atoms with E-state index in [-0.39, 0.29) is 12.4 Å². The van der Waals surface area contributed by atoms with Crippen LogP contribution in [0.1, 0.15) is 37.3 Å². The van der Waals surface area contributed by atoms with Crippen LogP contribution in [0.3, 0.4) is 0 Å². The number of ether oxygens (including phenoxy) is 2. The van der Waals surface area contributed by atoms with Crippen molar-refractivity contribution >= 4 is 17.1 Å². The molecule has 0 bridgehead atoms. The summed E-state index contributed by atoms with van der Waals surface area (Å²) in [6.07, 6.45) is -7.52. The lowest BCUT2D eigenvalue weighted by Crippen LogP contribution is -2.58. The highest BCUT2D eigenvalue weighted by Gasteiger charge is 2.42. The summed E-state index contributed by atoms with van der Waals surface area (Å²) in [5, 5.41) is 2.18. The average Bonchev–Trinajstić information content (AvgIpc) is 3.15. The minimum atomic E-state index is -4.52. The Labute approximate surface area is 186 Å². The van der Waals surface area contributed by atoms with Crippen molar-refractivity contribution in [2.45, 2.75) is 50.2 Å². The molecule has 1 aliphatic heterocycles. The summed E-state index contributed by atoms with van der Waals surface area (Å²) in [4.78, 5) is 20.5. The van der Waals surface area contributed by atoms with E-state index >= 15 is 0 Å². The Morgan fingerprint density at radius 1 is 1.30 bits per heavy atom. The van der Waals surface area contributed by atoms with Gasteiger partial charge in [-0.05, 0) is 31.5 Å². The summed E-state index contributed by atoms with van der Waals surface area (Å²) in [6, 6.07) is 2.41. The third-order valence-corrected chi connectivity index (χ3v) is 5.47. The van der Waals surface area contributed by atoms with Crippen molar-refractivity contribution in [3.63, 3.8) is 0 Å². The van der Waals surface area contributed by atoms with Gasteiger partial charge < -0.3 is 30.4 Å². The third-order valence-electron chi connectivity index (χ3n) is 5.47. The Bertz CT molecular complexity index is 983. The number of nitrogens with two attached hydrogens (primary N) is 1. The molecular weight excluding hydrogens is 453 g/mol. The topological polar surface area (TPSA) is 106 Å². The van der Waals surface area contributed by atoms with E-state index in [0.717, 1.165) is 11.8 Å². The third kappa shape index (κ3) is 5.71. The molecule has 2 heterocycles. The molecule has 0 spiro atoms. The zero-order valence-electron chi connectivity index (χ0n) is 18.2. The normalized spacial score (nSPS) is 20.4. The number of hydrogen-bond donors (Lipinski definition) is 3. The van der Waals surface area contributed by atoms with Crippen LogP contribution < -0.4 is 11.1 Å². The van der Waals surface area contributed by atoms with Gasteiger partial charge in [-0.1, -0.05) is 6.07 Å². The van der Waals surface area contributed by atoms with E-state index in [1.54, 1.807) is 18.2 Å². The first-order valence-electron chi connectivity index (χ1n) is 10.2. The molecule has 3 rings (SSSR count). The number of H-pyrrole nitrogens is 1. The minimum absolute atomic E-state index is 0.0320. The molecule has 0 radical (unpaired) electrons. The maximum atomic E-state index is 13.9. The van der Waals surface area contributed by atoms with Crippen LogP contribution in [0.25, 0.3) is 11.0 Å². The van der Waals surface area contributed by atoms with Gasteiger partial charge in [0.15, 0.2) is 6.10 Å². The summed E-state index contributed by atoms with van der Waals surface area (Å²) in [5.41, 5.74) is 7.50. The SMILES string of the molecule is COC[C@H](c1ccc2nc([C@@H](N)[C@@H](C)O[C@@H](C)C(F)(F)F)[nH]c2c1)N1CC(F)(F)CNC1=O. The van der Waals surface area contributed by atoms with Crippen LogP contribution in [0, 0.1) is 0 Å². The number of nitrogens with zero attached hydrogens (tertiary/aromatic N) is 2. The fraction of sp³-hybridized carbons (Fsp3) is 0.600. The molecule has 4 atom stereocenters. The van der Waals surface area contributed by atoms with E-state index in [1.165, 1.54) is 14.0 Å². The van der Waals surface area contributed by atoms with E-state index in [0.29, 0.717) is 16.6 Å². The number of fused-ring (bicyclic) bond motifs is 1. The van der Waals surface area contributed by atoms with E-state index in [9.17, 15) is 26.7 Å². The van der Waals surface area contributed by atoms with E-state index < -0.39 is 55.5 Å². The number of rotatable bonds is 8. The summed E-state index contributed by atoms with van der Waals surface area (Å²) in [5.74, 6) is -2.89. The van der Waals surface area contributed by atoms with Gasteiger partial charge in [0, 0.05) is 7.11 Å². The van der Waals surface area contributed by atoms with Crippen molar-refractivity contribution in [3.05, 3.63) is 29.6 Å². The fourth-order valence-corrected chi connectivity index (χ4v) is 3.58. The Hall–Kier alpha value is -2.51. The maximum Gasteiger partial charge on any atom is 0.414 e. The molecule has 8 nitrogen and oxygen atoms in total. The van der Waals surface area contributed by atoms with Gasteiger partial charge in [0.25, 0.3) is 5.92 Å². The molecule has 184 valence electrons. The van der Waals surface area contributed by atoms with Crippen LogP contribution in [0.15, 0.2) is 18.2 Å². The van der Waals surface area contributed by atoms with E-state index in [4.69, 9.17) is 15.2 Å². The summed E-state index contributed by atoms with van der Waals surface area (Å²) in [6.45, 7) is 0.766. The molecule has 0 aliphatic carbocycles. The molecule has 0 saturated carbocycles. The molecule has 1 aliphatic rings. The largest absolute Gasteiger partial charge is 0.414 e. The number of aromatic nitrogens is 2. The molecule has 4 N–H and O–H groups in total. The first-order chi connectivity index (χ1) is 15.3. The minimum Gasteiger partial charge on any atom is -0.382 e. The fourth-order valence-electron chi connectivity index (χ4n) is 3.58. The highest BCUT2D eigenvalue weighted by molar-refractivity contribution is 5.78. The summed E-state index contributed by atoms with van der Waals surface area (Å²) >= 11 is 0. The summed E-state index contributed by atoms with van der Waals surface area (Å²) < 4.78 is 76.3. The number of carbonyl (C=O) groups excluding carboxylic acids is 1. The van der Waals surface area contributed by atoms with Crippen LogP contribution in [-0.4, -0.2) is 72.0 Å². The Kier molecular flexibility index (Phi) is 7.15. The molecule has 33 heavy (non-hydrogen) atoms. The second kappa shape index (κ2) is 9.39. The van der Waals surface area contributed by atoms with Crippen molar-refractivity contribution in [2.24, 2.45) is 5.73 Å². The highest BCUT2D eigenvalue weighted by atomic mass is 19.4. The number of halogens is 5. The number of nitrogens with one attached hydrogen (secondary N) is 2. The number of methoxy groups -OCH3 is 1. The van der Waals surface area contributed by atoms with Crippen molar-refractivity contribution in [3.8, 4) is 0 Å². The van der Waals surface area contributed by atoms with E-state index in [1.807, 2.05) is 0 Å². The van der Waals surface area contributed by atoms with Gasteiger partial charge in [0.2, 0.25) is 0 Å². The lowest BCUT2D eigenvalue weighted by Gasteiger charge is -2.38. The van der Waals surface area contributed by atoms with Gasteiger partial charge in [-0.25, -0.2) is 18.6 Å². The highest BCUT2D eigenvalue weighted by Crippen LogP contribution is 2.31. The molecule has 1 saturated heterocycles. The predicted octanol–water partition coefficient (Wildman–Crippen LogP) is 3.27. The smallest absolute Gasteiger partial charge is 0.382 e. The lowest BCUT2D eigenvalue weighted by atomic mass is 10.0. The number of carbonyl (C=O) groups is 1. The number of aromatic amines is 1. The zero-order chi connectivity index (χ0) is 24.6. The quantitative estimate of drug-likeness (QED) is 0.504. The number of benzene rings is 1. The zero-order valence-corrected chi connectivity index (χ0v) is 18.2. The van der Waals surface area contributed by atoms with Crippen LogP contribution in [-0.2, 0) is 9.47 Å². The van der Waals surface area contributed by atoms with Crippen LogP contribution in [0.5, 0.6) is 0 Å². The number of amides is 2. The van der Waals surface area contributed by atoms with Crippen LogP contribution in [0.4, 0.5) is 26.7 Å². The molecule has 13 heteroatoms. The van der Waals surface area contributed by atoms with Gasteiger partial charge in [0.1, 0.15) is 5.82 Å². The monoisotopic (exact) mass is 479 g/mol. The van der Waals surface area contributed by atoms with Crippen molar-refractivity contribution < 1.29 is 36.2 Å². The van der Waals surface area contributed by atoms with Gasteiger partial charge in [-0.15, -0.1) is 0 Å². The first kappa shape index (κ1) is 25.1. The second-order valence-corrected chi connectivity index (χ2v) is 8.06. The molecule has 0 unspecified atom stereocenters. The molecule has 1 aromatic heterocycles. The predicted molar refractivity (Wildman–Crippen MR) is 109 cm³/mol. The Balaban J connectivity index is 1.85. The standard InChI is InChI=1S/C20H26F5N5O3/c1-10(33-11(2)20(23,24)25)16(26)17-28-13-5-4-12(6-14(13)29-17)15(7-32-3)30-9-19(21,22)8-27-18(30)31/h4-6,10-11,15-16H,7-9,26H2,1-3H3,(H,27,31)(H,28,29)/t10-,11+,15-,16+/m1/s1. The molecule has 2 amide bonds. The lowest BCUT2D eigenvalue weighted by molar-refractivity contribution is -0.227. The molecular formula is C20H26F5N5O3. The number of hydrogen-bond acceptors (Lipinski definition) is 5. The van der Waals surface area contributed by atoms with Gasteiger partial charge in [-0.2, -0.15) is 13.2 Å². The number of urea groups is 1. The number of alkyl halides is 5. The Morgan fingerprint density at radius 2 is 2.00 bits per heavy atom. The van der Waals surface area contributed by atoms with Crippen molar-refractivity contribution in [1.82, 2.24) is 20.2 Å².